The van der Waals surface area contributed by atoms with Crippen molar-refractivity contribution in [2.75, 3.05) is 5.32 Å². The fourth-order valence-corrected chi connectivity index (χ4v) is 3.93. The van der Waals surface area contributed by atoms with Gasteiger partial charge in [-0.25, -0.2) is 9.67 Å². The highest BCUT2D eigenvalue weighted by Gasteiger charge is 2.15. The van der Waals surface area contributed by atoms with Crippen LogP contribution in [0.1, 0.15) is 27.0 Å². The number of aromatic nitrogens is 4. The lowest BCUT2D eigenvalue weighted by Gasteiger charge is -2.10. The molecule has 168 valence electrons. The summed E-state index contributed by atoms with van der Waals surface area (Å²) in [7, 11) is 0. The van der Waals surface area contributed by atoms with Crippen molar-refractivity contribution in [1.82, 2.24) is 19.3 Å². The van der Waals surface area contributed by atoms with Crippen LogP contribution in [0, 0.1) is 6.92 Å². The quantitative estimate of drug-likeness (QED) is 0.363. The molecule has 0 atom stereocenters. The molecule has 0 aliphatic rings. The maximum absolute atomic E-state index is 13.1. The van der Waals surface area contributed by atoms with Crippen LogP contribution in [0.15, 0.2) is 104 Å². The van der Waals surface area contributed by atoms with E-state index in [1.165, 1.54) is 0 Å². The summed E-state index contributed by atoms with van der Waals surface area (Å²) in [5.74, 6) is 0.495. The average Bonchev–Trinajstić information content (AvgIpc) is 3.51. The van der Waals surface area contributed by atoms with Crippen molar-refractivity contribution in [3.8, 4) is 11.3 Å². The summed E-state index contributed by atoms with van der Waals surface area (Å²) >= 11 is 0. The van der Waals surface area contributed by atoms with Gasteiger partial charge in [0.25, 0.3) is 5.91 Å². The average molecular weight is 448 g/mol. The zero-order chi connectivity index (χ0) is 23.3. The maximum Gasteiger partial charge on any atom is 0.256 e. The number of hydrogen-bond donors (Lipinski definition) is 1. The molecule has 6 nitrogen and oxygen atoms in total. The van der Waals surface area contributed by atoms with E-state index in [4.69, 9.17) is 5.10 Å². The molecular formula is C28H25N5O. The minimum atomic E-state index is -0.167. The van der Waals surface area contributed by atoms with Crippen LogP contribution in [0.4, 0.5) is 5.82 Å². The number of hydrogen-bond acceptors (Lipinski definition) is 3. The molecule has 0 unspecified atom stereocenters. The van der Waals surface area contributed by atoms with E-state index in [1.807, 2.05) is 76.1 Å². The Labute approximate surface area is 198 Å². The normalized spacial score (nSPS) is 10.9. The number of amides is 1. The lowest BCUT2D eigenvalue weighted by Crippen LogP contribution is -2.16. The Kier molecular flexibility index (Phi) is 6.03. The molecule has 0 fully saturated rings. The molecule has 34 heavy (non-hydrogen) atoms. The van der Waals surface area contributed by atoms with Crippen molar-refractivity contribution < 1.29 is 4.79 Å². The second-order valence-electron chi connectivity index (χ2n) is 8.26. The van der Waals surface area contributed by atoms with Crippen LogP contribution in [-0.4, -0.2) is 25.2 Å². The highest BCUT2D eigenvalue weighted by Crippen LogP contribution is 2.26. The zero-order valence-electron chi connectivity index (χ0n) is 18.9. The molecule has 0 aliphatic heterocycles. The van der Waals surface area contributed by atoms with E-state index in [2.05, 4.69) is 41.5 Å². The van der Waals surface area contributed by atoms with Gasteiger partial charge in [-0.15, -0.1) is 0 Å². The Bertz CT molecular complexity index is 1390. The van der Waals surface area contributed by atoms with Crippen LogP contribution in [0.5, 0.6) is 0 Å². The Morgan fingerprint density at radius 3 is 2.35 bits per heavy atom. The van der Waals surface area contributed by atoms with E-state index < -0.39 is 0 Å². The standard InChI is InChI=1S/C28H25N5O/c1-21-7-5-6-10-25(21)26-17-27(33(31-26)19-22-8-3-2-4-9-22)30-28(34)24-13-11-23(12-14-24)18-32-16-15-29-20-32/h2-17,20H,18-19H2,1H3,(H,30,34). The van der Waals surface area contributed by atoms with E-state index in [9.17, 15) is 4.79 Å². The van der Waals surface area contributed by atoms with Gasteiger partial charge in [0.05, 0.1) is 18.6 Å². The van der Waals surface area contributed by atoms with Gasteiger partial charge >= 0.3 is 0 Å². The van der Waals surface area contributed by atoms with Gasteiger partial charge in [-0.1, -0.05) is 66.7 Å². The van der Waals surface area contributed by atoms with Crippen LogP contribution < -0.4 is 5.32 Å². The lowest BCUT2D eigenvalue weighted by atomic mass is 10.1. The Morgan fingerprint density at radius 2 is 1.62 bits per heavy atom. The fraction of sp³-hybridized carbons (Fsp3) is 0.107. The van der Waals surface area contributed by atoms with Gasteiger partial charge in [-0.3, -0.25) is 4.79 Å². The van der Waals surface area contributed by atoms with Gasteiger partial charge in [-0.05, 0) is 35.7 Å². The summed E-state index contributed by atoms with van der Waals surface area (Å²) in [5.41, 5.74) is 5.83. The lowest BCUT2D eigenvalue weighted by molar-refractivity contribution is 0.102. The molecule has 5 rings (SSSR count). The summed E-state index contributed by atoms with van der Waals surface area (Å²) < 4.78 is 3.84. The monoisotopic (exact) mass is 447 g/mol. The van der Waals surface area contributed by atoms with Gasteiger partial charge in [0.15, 0.2) is 0 Å². The first kappa shape index (κ1) is 21.4. The van der Waals surface area contributed by atoms with Crippen LogP contribution in [-0.2, 0) is 13.1 Å². The minimum Gasteiger partial charge on any atom is -0.333 e. The second-order valence-corrected chi connectivity index (χ2v) is 8.26. The molecule has 0 bridgehead atoms. The highest BCUT2D eigenvalue weighted by molar-refractivity contribution is 6.04. The summed E-state index contributed by atoms with van der Waals surface area (Å²) in [6.07, 6.45) is 5.45. The molecule has 1 amide bonds. The predicted octanol–water partition coefficient (Wildman–Crippen LogP) is 5.40. The highest BCUT2D eigenvalue weighted by atomic mass is 16.1. The zero-order valence-corrected chi connectivity index (χ0v) is 18.9. The minimum absolute atomic E-state index is 0.167. The largest absolute Gasteiger partial charge is 0.333 e. The second kappa shape index (κ2) is 9.58. The van der Waals surface area contributed by atoms with Crippen LogP contribution >= 0.6 is 0 Å². The maximum atomic E-state index is 13.1. The molecule has 5 aromatic rings. The first-order valence-corrected chi connectivity index (χ1v) is 11.2. The number of imidazole rings is 1. The molecule has 0 spiro atoms. The SMILES string of the molecule is Cc1ccccc1-c1cc(NC(=O)c2ccc(Cn3ccnc3)cc2)n(Cc2ccccc2)n1. The fourth-order valence-electron chi connectivity index (χ4n) is 3.93. The van der Waals surface area contributed by atoms with Gasteiger partial charge < -0.3 is 9.88 Å². The Balaban J connectivity index is 1.40. The first-order valence-electron chi connectivity index (χ1n) is 11.2. The molecule has 1 N–H and O–H groups in total. The van der Waals surface area contributed by atoms with Crippen molar-refractivity contribution in [1.29, 1.82) is 0 Å². The molecule has 2 aromatic heterocycles. The third-order valence-corrected chi connectivity index (χ3v) is 5.76. The molecule has 3 aromatic carbocycles. The summed E-state index contributed by atoms with van der Waals surface area (Å²) in [4.78, 5) is 17.2. The van der Waals surface area contributed by atoms with E-state index in [0.29, 0.717) is 24.5 Å². The van der Waals surface area contributed by atoms with Crippen molar-refractivity contribution in [2.24, 2.45) is 0 Å². The van der Waals surface area contributed by atoms with E-state index >= 15 is 0 Å². The van der Waals surface area contributed by atoms with Gasteiger partial charge in [-0.2, -0.15) is 5.10 Å². The van der Waals surface area contributed by atoms with E-state index in [0.717, 1.165) is 27.9 Å². The smallest absolute Gasteiger partial charge is 0.256 e. The molecule has 0 saturated carbocycles. The molecule has 6 heteroatoms. The van der Waals surface area contributed by atoms with Crippen molar-refractivity contribution in [2.45, 2.75) is 20.0 Å². The summed E-state index contributed by atoms with van der Waals surface area (Å²) in [6.45, 7) is 3.34. The van der Waals surface area contributed by atoms with Crippen LogP contribution in [0.3, 0.4) is 0 Å². The number of carbonyl (C=O) groups excluding carboxylic acids is 1. The number of anilines is 1. The van der Waals surface area contributed by atoms with E-state index in [-0.39, 0.29) is 5.91 Å². The van der Waals surface area contributed by atoms with Gasteiger partial charge in [0.2, 0.25) is 0 Å². The topological polar surface area (TPSA) is 64.7 Å². The van der Waals surface area contributed by atoms with Crippen molar-refractivity contribution >= 4 is 11.7 Å². The molecule has 0 aliphatic carbocycles. The molecule has 2 heterocycles. The Hall–Kier alpha value is -4.45. The summed E-state index contributed by atoms with van der Waals surface area (Å²) in [6, 6.07) is 27.8. The molecular weight excluding hydrogens is 422 g/mol. The number of aryl methyl sites for hydroxylation is 1. The van der Waals surface area contributed by atoms with Gasteiger partial charge in [0.1, 0.15) is 5.82 Å². The number of nitrogens with zero attached hydrogens (tertiary/aromatic N) is 4. The van der Waals surface area contributed by atoms with Crippen molar-refractivity contribution in [3.05, 3.63) is 126 Å². The number of rotatable bonds is 7. The third kappa shape index (κ3) is 4.81. The van der Waals surface area contributed by atoms with Crippen LogP contribution in [0.25, 0.3) is 11.3 Å². The number of carbonyl (C=O) groups is 1. The van der Waals surface area contributed by atoms with Crippen molar-refractivity contribution in [3.63, 3.8) is 0 Å². The van der Waals surface area contributed by atoms with Crippen LogP contribution in [0.2, 0.25) is 0 Å². The summed E-state index contributed by atoms with van der Waals surface area (Å²) in [5, 5.41) is 7.90. The van der Waals surface area contributed by atoms with E-state index in [1.54, 1.807) is 12.5 Å². The number of nitrogens with one attached hydrogen (secondary N) is 1. The Morgan fingerprint density at radius 1 is 0.882 bits per heavy atom. The molecule has 0 radical (unpaired) electrons. The number of benzene rings is 3. The third-order valence-electron chi connectivity index (χ3n) is 5.76. The van der Waals surface area contributed by atoms with Gasteiger partial charge in [0, 0.05) is 36.1 Å². The molecule has 0 saturated heterocycles. The predicted molar refractivity (Wildman–Crippen MR) is 134 cm³/mol. The first-order chi connectivity index (χ1) is 16.7.